The number of anilines is 1. The summed E-state index contributed by atoms with van der Waals surface area (Å²) in [5.74, 6) is -0.213. The van der Waals surface area contributed by atoms with E-state index in [4.69, 9.17) is 11.6 Å². The fourth-order valence-electron chi connectivity index (χ4n) is 3.26. The van der Waals surface area contributed by atoms with Crippen molar-refractivity contribution in [2.75, 3.05) is 5.32 Å². The number of carbonyl (C=O) groups excluding carboxylic acids is 1. The fraction of sp³-hybridized carbons (Fsp3) is 0.211. The van der Waals surface area contributed by atoms with Crippen molar-refractivity contribution in [2.45, 2.75) is 26.2 Å². The number of benzene rings is 1. The molecular formula is C19H17ClN4O. The molecule has 6 heteroatoms. The number of amides is 1. The smallest absolute Gasteiger partial charge is 0.276 e. The van der Waals surface area contributed by atoms with Crippen LogP contribution in [-0.2, 0) is 12.8 Å². The van der Waals surface area contributed by atoms with Gasteiger partial charge in [-0.3, -0.25) is 4.79 Å². The molecule has 1 aliphatic rings. The zero-order chi connectivity index (χ0) is 17.4. The van der Waals surface area contributed by atoms with Crippen molar-refractivity contribution >= 4 is 23.2 Å². The highest BCUT2D eigenvalue weighted by Crippen LogP contribution is 2.29. The van der Waals surface area contributed by atoms with Gasteiger partial charge in [-0.2, -0.15) is 5.10 Å². The lowest BCUT2D eigenvalue weighted by molar-refractivity contribution is 0.102. The summed E-state index contributed by atoms with van der Waals surface area (Å²) in [5, 5.41) is 7.88. The highest BCUT2D eigenvalue weighted by Gasteiger charge is 2.27. The van der Waals surface area contributed by atoms with Gasteiger partial charge in [0.2, 0.25) is 0 Å². The summed E-state index contributed by atoms with van der Waals surface area (Å²) in [6, 6.07) is 11.5. The zero-order valence-corrected chi connectivity index (χ0v) is 14.5. The Morgan fingerprint density at radius 1 is 1.20 bits per heavy atom. The van der Waals surface area contributed by atoms with Gasteiger partial charge < -0.3 is 5.32 Å². The molecule has 0 spiro atoms. The maximum absolute atomic E-state index is 12.7. The van der Waals surface area contributed by atoms with Crippen molar-refractivity contribution in [2.24, 2.45) is 0 Å². The molecule has 0 bridgehead atoms. The number of halogens is 1. The van der Waals surface area contributed by atoms with E-state index in [0.717, 1.165) is 41.8 Å². The Balaban J connectivity index is 1.71. The predicted octanol–water partition coefficient (Wildman–Crippen LogP) is 3.97. The molecule has 2 aromatic heterocycles. The highest BCUT2D eigenvalue weighted by atomic mass is 35.5. The fourth-order valence-corrected chi connectivity index (χ4v) is 3.37. The summed E-state index contributed by atoms with van der Waals surface area (Å²) in [7, 11) is 0. The number of hydrogen-bond acceptors (Lipinski definition) is 3. The highest BCUT2D eigenvalue weighted by molar-refractivity contribution is 6.29. The van der Waals surface area contributed by atoms with E-state index < -0.39 is 0 Å². The van der Waals surface area contributed by atoms with Gasteiger partial charge in [0.05, 0.1) is 17.6 Å². The lowest BCUT2D eigenvalue weighted by Gasteiger charge is -2.08. The van der Waals surface area contributed by atoms with Gasteiger partial charge in [-0.1, -0.05) is 29.8 Å². The molecule has 1 N–H and O–H groups in total. The van der Waals surface area contributed by atoms with Crippen molar-refractivity contribution in [1.82, 2.24) is 14.8 Å². The summed E-state index contributed by atoms with van der Waals surface area (Å²) >= 11 is 5.79. The summed E-state index contributed by atoms with van der Waals surface area (Å²) in [4.78, 5) is 16.7. The average Bonchev–Trinajstić information content (AvgIpc) is 3.20. The first kappa shape index (κ1) is 15.8. The van der Waals surface area contributed by atoms with Crippen molar-refractivity contribution in [3.05, 3.63) is 70.3 Å². The number of hydrogen-bond donors (Lipinski definition) is 1. The molecule has 0 saturated carbocycles. The monoisotopic (exact) mass is 352 g/mol. The first-order chi connectivity index (χ1) is 12.1. The molecule has 1 amide bonds. The number of nitrogens with zero attached hydrogens (tertiary/aromatic N) is 3. The molecule has 0 aliphatic heterocycles. The van der Waals surface area contributed by atoms with Crippen molar-refractivity contribution in [1.29, 1.82) is 0 Å². The van der Waals surface area contributed by atoms with Crippen LogP contribution in [0, 0.1) is 6.92 Å². The van der Waals surface area contributed by atoms with Crippen LogP contribution in [0.4, 0.5) is 5.69 Å². The molecule has 126 valence electrons. The number of para-hydroxylation sites is 1. The summed E-state index contributed by atoms with van der Waals surface area (Å²) in [6.07, 6.45) is 4.40. The van der Waals surface area contributed by atoms with E-state index in [0.29, 0.717) is 16.5 Å². The first-order valence-electron chi connectivity index (χ1n) is 8.23. The molecule has 25 heavy (non-hydrogen) atoms. The minimum absolute atomic E-state index is 0.213. The van der Waals surface area contributed by atoms with Gasteiger partial charge in [-0.25, -0.2) is 9.67 Å². The summed E-state index contributed by atoms with van der Waals surface area (Å²) < 4.78 is 1.92. The predicted molar refractivity (Wildman–Crippen MR) is 97.5 cm³/mol. The molecule has 0 unspecified atom stereocenters. The molecule has 3 aromatic rings. The normalized spacial score (nSPS) is 12.9. The van der Waals surface area contributed by atoms with Crippen LogP contribution >= 0.6 is 11.6 Å². The third kappa shape index (κ3) is 2.91. The second-order valence-corrected chi connectivity index (χ2v) is 6.54. The molecule has 0 fully saturated rings. The number of fused-ring (bicyclic) bond motifs is 1. The number of nitrogens with one attached hydrogen (secondary N) is 1. The van der Waals surface area contributed by atoms with Gasteiger partial charge in [0.15, 0.2) is 5.69 Å². The third-order valence-electron chi connectivity index (χ3n) is 4.47. The number of aryl methyl sites for hydroxylation is 1. The number of pyridine rings is 1. The average molecular weight is 353 g/mol. The molecular weight excluding hydrogens is 336 g/mol. The second kappa shape index (κ2) is 6.33. The largest absolute Gasteiger partial charge is 0.319 e. The molecule has 1 aliphatic carbocycles. The van der Waals surface area contributed by atoms with Crippen molar-refractivity contribution in [3.63, 3.8) is 0 Å². The Morgan fingerprint density at radius 3 is 2.80 bits per heavy atom. The Hall–Kier alpha value is -2.66. The molecule has 0 saturated heterocycles. The van der Waals surface area contributed by atoms with Gasteiger partial charge in [0.1, 0.15) is 5.15 Å². The molecule has 2 heterocycles. The SMILES string of the molecule is Cc1ccccc1-n1nc(C(=O)Nc2ccc(Cl)nc2)c2c1CCC2. The maximum atomic E-state index is 12.7. The quantitative estimate of drug-likeness (QED) is 0.725. The standard InChI is InChI=1S/C19H17ClN4O/c1-12-5-2-3-7-15(12)24-16-8-4-6-14(16)18(23-24)19(25)22-13-9-10-17(20)21-11-13/h2-3,5,7,9-11H,4,6,8H2,1H3,(H,22,25). The van der Waals surface area contributed by atoms with Gasteiger partial charge >= 0.3 is 0 Å². The van der Waals surface area contributed by atoms with E-state index in [1.807, 2.05) is 22.9 Å². The molecule has 1 aromatic carbocycles. The molecule has 0 radical (unpaired) electrons. The minimum atomic E-state index is -0.213. The molecule has 0 atom stereocenters. The third-order valence-corrected chi connectivity index (χ3v) is 4.70. The lowest BCUT2D eigenvalue weighted by atomic mass is 10.1. The van der Waals surface area contributed by atoms with E-state index in [2.05, 4.69) is 28.4 Å². The lowest BCUT2D eigenvalue weighted by Crippen LogP contribution is -2.15. The van der Waals surface area contributed by atoms with Crippen LogP contribution in [0.15, 0.2) is 42.6 Å². The zero-order valence-electron chi connectivity index (χ0n) is 13.8. The van der Waals surface area contributed by atoms with Gasteiger partial charge in [0.25, 0.3) is 5.91 Å². The Bertz CT molecular complexity index is 947. The van der Waals surface area contributed by atoms with E-state index in [1.54, 1.807) is 18.3 Å². The number of aromatic nitrogens is 3. The number of rotatable bonds is 3. The van der Waals surface area contributed by atoms with E-state index in [9.17, 15) is 4.79 Å². The van der Waals surface area contributed by atoms with Crippen LogP contribution in [0.1, 0.15) is 33.7 Å². The second-order valence-electron chi connectivity index (χ2n) is 6.15. The number of carbonyl (C=O) groups is 1. The Morgan fingerprint density at radius 2 is 2.04 bits per heavy atom. The molecule has 5 nitrogen and oxygen atoms in total. The maximum Gasteiger partial charge on any atom is 0.276 e. The molecule has 4 rings (SSSR count). The summed E-state index contributed by atoms with van der Waals surface area (Å²) in [5.41, 5.74) is 5.43. The van der Waals surface area contributed by atoms with Gasteiger partial charge in [-0.15, -0.1) is 0 Å². The van der Waals surface area contributed by atoms with E-state index in [-0.39, 0.29) is 5.91 Å². The van der Waals surface area contributed by atoms with Crippen LogP contribution in [0.25, 0.3) is 5.69 Å². The Kier molecular flexibility index (Phi) is 4.01. The van der Waals surface area contributed by atoms with Crippen LogP contribution < -0.4 is 5.32 Å². The first-order valence-corrected chi connectivity index (χ1v) is 8.61. The summed E-state index contributed by atoms with van der Waals surface area (Å²) in [6.45, 7) is 2.05. The van der Waals surface area contributed by atoms with Crippen molar-refractivity contribution < 1.29 is 4.79 Å². The van der Waals surface area contributed by atoms with E-state index >= 15 is 0 Å². The van der Waals surface area contributed by atoms with Crippen LogP contribution in [0.2, 0.25) is 5.15 Å². The van der Waals surface area contributed by atoms with Crippen LogP contribution in [-0.4, -0.2) is 20.7 Å². The Labute approximate surface area is 150 Å². The van der Waals surface area contributed by atoms with Crippen LogP contribution in [0.5, 0.6) is 0 Å². The van der Waals surface area contributed by atoms with Crippen molar-refractivity contribution in [3.8, 4) is 5.69 Å². The minimum Gasteiger partial charge on any atom is -0.319 e. The van der Waals surface area contributed by atoms with Gasteiger partial charge in [-0.05, 0) is 49.9 Å². The van der Waals surface area contributed by atoms with E-state index in [1.165, 1.54) is 0 Å². The topological polar surface area (TPSA) is 59.8 Å². The van der Waals surface area contributed by atoms with Crippen LogP contribution in [0.3, 0.4) is 0 Å². The van der Waals surface area contributed by atoms with Gasteiger partial charge in [0, 0.05) is 11.3 Å².